The van der Waals surface area contributed by atoms with Gasteiger partial charge >= 0.3 is 0 Å². The van der Waals surface area contributed by atoms with Gasteiger partial charge in [-0.1, -0.05) is 13.8 Å². The van der Waals surface area contributed by atoms with Crippen LogP contribution < -0.4 is 10.2 Å². The Balaban J connectivity index is 2.03. The molecule has 112 valence electrons. The Morgan fingerprint density at radius 1 is 1.30 bits per heavy atom. The van der Waals surface area contributed by atoms with Crippen LogP contribution in [-0.4, -0.2) is 29.6 Å². The quantitative estimate of drug-likeness (QED) is 0.898. The van der Waals surface area contributed by atoms with Gasteiger partial charge in [0.1, 0.15) is 0 Å². The third-order valence-corrected chi connectivity index (χ3v) is 4.48. The Hall–Kier alpha value is -1.16. The number of rotatable bonds is 5. The molecule has 4 heteroatoms. The van der Waals surface area contributed by atoms with Crippen molar-refractivity contribution in [3.8, 4) is 0 Å². The summed E-state index contributed by atoms with van der Waals surface area (Å²) >= 11 is 0. The number of nitrogens with zero attached hydrogens (tertiary/aromatic N) is 3. The van der Waals surface area contributed by atoms with Gasteiger partial charge < -0.3 is 10.2 Å². The van der Waals surface area contributed by atoms with Crippen molar-refractivity contribution in [3.63, 3.8) is 0 Å². The Morgan fingerprint density at radius 3 is 2.60 bits per heavy atom. The Labute approximate surface area is 123 Å². The molecule has 0 amide bonds. The van der Waals surface area contributed by atoms with Crippen LogP contribution in [0.5, 0.6) is 0 Å². The minimum Gasteiger partial charge on any atom is -0.341 e. The van der Waals surface area contributed by atoms with E-state index in [-0.39, 0.29) is 0 Å². The molecule has 20 heavy (non-hydrogen) atoms. The van der Waals surface area contributed by atoms with Crippen molar-refractivity contribution in [2.75, 3.05) is 18.5 Å². The molecule has 4 nitrogen and oxygen atoms in total. The van der Waals surface area contributed by atoms with Crippen LogP contribution >= 0.6 is 0 Å². The van der Waals surface area contributed by atoms with Gasteiger partial charge in [-0.2, -0.15) is 0 Å². The van der Waals surface area contributed by atoms with E-state index in [0.717, 1.165) is 30.6 Å². The van der Waals surface area contributed by atoms with Crippen molar-refractivity contribution in [1.82, 2.24) is 15.3 Å². The van der Waals surface area contributed by atoms with Crippen LogP contribution in [0.2, 0.25) is 0 Å². The standard InChI is InChI=1S/C16H28N4/c1-5-17-10-14-11-18-16(19-13(14)3)20(4)15-8-6-12(2)7-9-15/h11-12,15,17H,5-10H2,1-4H3. The second-order valence-corrected chi connectivity index (χ2v) is 6.09. The molecular formula is C16H28N4. The molecule has 0 saturated heterocycles. The zero-order valence-corrected chi connectivity index (χ0v) is 13.3. The summed E-state index contributed by atoms with van der Waals surface area (Å²) in [5.41, 5.74) is 2.29. The summed E-state index contributed by atoms with van der Waals surface area (Å²) in [6.07, 6.45) is 7.15. The molecule has 1 aromatic rings. The highest BCUT2D eigenvalue weighted by atomic mass is 15.3. The van der Waals surface area contributed by atoms with E-state index in [2.05, 4.69) is 43.0 Å². The predicted octanol–water partition coefficient (Wildman–Crippen LogP) is 2.91. The van der Waals surface area contributed by atoms with Gasteiger partial charge in [0, 0.05) is 37.1 Å². The van der Waals surface area contributed by atoms with Gasteiger partial charge in [-0.25, -0.2) is 9.97 Å². The lowest BCUT2D eigenvalue weighted by atomic mass is 9.87. The Kier molecular flexibility index (Phi) is 5.35. The maximum Gasteiger partial charge on any atom is 0.225 e. The van der Waals surface area contributed by atoms with Gasteiger partial charge in [-0.3, -0.25) is 0 Å². The molecule has 1 fully saturated rings. The highest BCUT2D eigenvalue weighted by Crippen LogP contribution is 2.28. The fourth-order valence-electron chi connectivity index (χ4n) is 2.88. The highest BCUT2D eigenvalue weighted by Gasteiger charge is 2.23. The fourth-order valence-corrected chi connectivity index (χ4v) is 2.88. The van der Waals surface area contributed by atoms with E-state index in [1.54, 1.807) is 0 Å². The number of hydrogen-bond donors (Lipinski definition) is 1. The number of aryl methyl sites for hydroxylation is 1. The van der Waals surface area contributed by atoms with Crippen LogP contribution in [0.3, 0.4) is 0 Å². The fraction of sp³-hybridized carbons (Fsp3) is 0.750. The lowest BCUT2D eigenvalue weighted by molar-refractivity contribution is 0.339. The topological polar surface area (TPSA) is 41.1 Å². The van der Waals surface area contributed by atoms with Gasteiger partial charge in [0.25, 0.3) is 0 Å². The lowest BCUT2D eigenvalue weighted by Crippen LogP contribution is -2.36. The van der Waals surface area contributed by atoms with Crippen molar-refractivity contribution in [2.45, 2.75) is 59.0 Å². The predicted molar refractivity (Wildman–Crippen MR) is 84.0 cm³/mol. The van der Waals surface area contributed by atoms with Gasteiger partial charge in [0.2, 0.25) is 5.95 Å². The van der Waals surface area contributed by atoms with Crippen LogP contribution in [0.4, 0.5) is 5.95 Å². The number of aromatic nitrogens is 2. The second-order valence-electron chi connectivity index (χ2n) is 6.09. The van der Waals surface area contributed by atoms with Crippen molar-refractivity contribution in [1.29, 1.82) is 0 Å². The monoisotopic (exact) mass is 276 g/mol. The summed E-state index contributed by atoms with van der Waals surface area (Å²) in [6, 6.07) is 0.602. The maximum absolute atomic E-state index is 4.70. The van der Waals surface area contributed by atoms with Gasteiger partial charge in [0.05, 0.1) is 0 Å². The first-order valence-electron chi connectivity index (χ1n) is 7.87. The molecule has 0 aliphatic heterocycles. The summed E-state index contributed by atoms with van der Waals surface area (Å²) in [4.78, 5) is 11.5. The first kappa shape index (κ1) is 15.2. The SMILES string of the molecule is CCNCc1cnc(N(C)C2CCC(C)CC2)nc1C. The molecule has 0 aromatic carbocycles. The largest absolute Gasteiger partial charge is 0.341 e. The molecule has 1 N–H and O–H groups in total. The van der Waals surface area contributed by atoms with Gasteiger partial charge in [-0.05, 0) is 45.1 Å². The van der Waals surface area contributed by atoms with Crippen LogP contribution in [0.15, 0.2) is 6.20 Å². The van der Waals surface area contributed by atoms with Gasteiger partial charge in [-0.15, -0.1) is 0 Å². The zero-order valence-electron chi connectivity index (χ0n) is 13.3. The molecule has 0 bridgehead atoms. The van der Waals surface area contributed by atoms with Gasteiger partial charge in [0.15, 0.2) is 0 Å². The number of anilines is 1. The molecule has 0 spiro atoms. The zero-order chi connectivity index (χ0) is 14.5. The molecule has 1 aliphatic rings. The van der Waals surface area contributed by atoms with E-state index in [1.165, 1.54) is 31.2 Å². The summed E-state index contributed by atoms with van der Waals surface area (Å²) in [6.45, 7) is 8.37. The van der Waals surface area contributed by atoms with E-state index < -0.39 is 0 Å². The van der Waals surface area contributed by atoms with Crippen LogP contribution in [0, 0.1) is 12.8 Å². The first-order chi connectivity index (χ1) is 9.61. The third-order valence-electron chi connectivity index (χ3n) is 4.48. The Bertz CT molecular complexity index is 424. The molecular weight excluding hydrogens is 248 g/mol. The van der Waals surface area contributed by atoms with E-state index in [4.69, 9.17) is 4.98 Å². The van der Waals surface area contributed by atoms with Crippen molar-refractivity contribution < 1.29 is 0 Å². The summed E-state index contributed by atoms with van der Waals surface area (Å²) < 4.78 is 0. The molecule has 1 saturated carbocycles. The lowest BCUT2D eigenvalue weighted by Gasteiger charge is -2.33. The maximum atomic E-state index is 4.70. The van der Waals surface area contributed by atoms with Crippen LogP contribution in [-0.2, 0) is 6.54 Å². The summed E-state index contributed by atoms with van der Waals surface area (Å²) in [5.74, 6) is 1.76. The molecule has 0 unspecified atom stereocenters. The summed E-state index contributed by atoms with van der Waals surface area (Å²) in [5, 5.41) is 3.33. The van der Waals surface area contributed by atoms with Crippen LogP contribution in [0.1, 0.15) is 50.8 Å². The molecule has 1 heterocycles. The average Bonchev–Trinajstić information content (AvgIpc) is 2.46. The third kappa shape index (κ3) is 3.69. The highest BCUT2D eigenvalue weighted by molar-refractivity contribution is 5.33. The van der Waals surface area contributed by atoms with E-state index in [0.29, 0.717) is 6.04 Å². The molecule has 0 atom stereocenters. The average molecular weight is 276 g/mol. The molecule has 2 rings (SSSR count). The normalized spacial score (nSPS) is 22.8. The first-order valence-corrected chi connectivity index (χ1v) is 7.87. The molecule has 0 radical (unpaired) electrons. The molecule has 1 aliphatic carbocycles. The minimum atomic E-state index is 0.602. The minimum absolute atomic E-state index is 0.602. The summed E-state index contributed by atoms with van der Waals surface area (Å²) in [7, 11) is 2.14. The van der Waals surface area contributed by atoms with Crippen molar-refractivity contribution >= 4 is 5.95 Å². The smallest absolute Gasteiger partial charge is 0.225 e. The second kappa shape index (κ2) is 7.02. The van der Waals surface area contributed by atoms with E-state index in [1.807, 2.05) is 6.20 Å². The Morgan fingerprint density at radius 2 is 2.00 bits per heavy atom. The van der Waals surface area contributed by atoms with E-state index in [9.17, 15) is 0 Å². The molecule has 1 aromatic heterocycles. The van der Waals surface area contributed by atoms with Crippen LogP contribution in [0.25, 0.3) is 0 Å². The number of hydrogen-bond acceptors (Lipinski definition) is 4. The van der Waals surface area contributed by atoms with Crippen molar-refractivity contribution in [3.05, 3.63) is 17.5 Å². The number of nitrogens with one attached hydrogen (secondary N) is 1. The van der Waals surface area contributed by atoms with E-state index >= 15 is 0 Å². The van der Waals surface area contributed by atoms with Crippen molar-refractivity contribution in [2.24, 2.45) is 5.92 Å².